The summed E-state index contributed by atoms with van der Waals surface area (Å²) < 4.78 is 0. The molecule has 0 heterocycles. The van der Waals surface area contributed by atoms with Crippen LogP contribution in [0.1, 0.15) is 69.2 Å². The third kappa shape index (κ3) is 8.12. The Labute approximate surface area is 316 Å². The van der Waals surface area contributed by atoms with Crippen LogP contribution in [0.25, 0.3) is 0 Å². The normalized spacial score (nSPS) is 18.5. The molecule has 11 radical (unpaired) electrons. The third-order valence-corrected chi connectivity index (χ3v) is 10.8. The minimum absolute atomic E-state index is 0. The van der Waals surface area contributed by atoms with Gasteiger partial charge in [-0.3, -0.25) is 0 Å². The molecule has 6 rings (SSSR count). The molecule has 0 nitrogen and oxygen atoms in total. The van der Waals surface area contributed by atoms with Crippen molar-refractivity contribution in [1.82, 2.24) is 0 Å². The SMILES string of the molecule is C[C]1[C](C)[C](C)[C](C)[C]1C.C[C]1[C](C)[C](C)[C](C)[C]1C.[Ce+3].c1ccc([B-](c2ccccc2)(c2ccccc2)c2ccccc2)cc1. The maximum atomic E-state index is 2.26. The fourth-order valence-corrected chi connectivity index (χ4v) is 6.93. The quantitative estimate of drug-likeness (QED) is 0.184. The van der Waals surface area contributed by atoms with Crippen molar-refractivity contribution in [3.05, 3.63) is 181 Å². The second-order valence-electron chi connectivity index (χ2n) is 12.8. The molecule has 0 spiro atoms. The van der Waals surface area contributed by atoms with Gasteiger partial charge in [0.25, 0.3) is 0 Å². The standard InChI is InChI=1S/C24H20B.2C10H15.Ce/c1-5-13-21(14-6-1)25(22-15-7-2-8-16-22,23-17-9-3-10-18-23)24-19-11-4-12-20-24;2*1-6-7(2)9(4)10(5)8(6)3;/h1-20H;2*1-5H3;/q-1;;;+3. The molecular formula is C44H50BCe+2. The zero-order chi connectivity index (χ0) is 32.7. The zero-order valence-corrected chi connectivity index (χ0v) is 32.8. The second-order valence-corrected chi connectivity index (χ2v) is 12.8. The van der Waals surface area contributed by atoms with Crippen LogP contribution in [-0.4, -0.2) is 6.15 Å². The summed E-state index contributed by atoms with van der Waals surface area (Å²) in [5.74, 6) is 14.7. The van der Waals surface area contributed by atoms with E-state index in [1.54, 1.807) is 0 Å². The van der Waals surface area contributed by atoms with Crippen LogP contribution in [0.3, 0.4) is 0 Å². The number of benzene rings is 4. The second kappa shape index (κ2) is 17.6. The Morgan fingerprint density at radius 1 is 0.239 bits per heavy atom. The Morgan fingerprint density at radius 2 is 0.370 bits per heavy atom. The van der Waals surface area contributed by atoms with Gasteiger partial charge in [-0.15, -0.1) is 0 Å². The minimum atomic E-state index is -1.22. The van der Waals surface area contributed by atoms with E-state index in [0.717, 1.165) is 0 Å². The molecule has 0 atom stereocenters. The fraction of sp³-hybridized carbons (Fsp3) is 0.227. The number of hydrogen-bond donors (Lipinski definition) is 0. The monoisotopic (exact) mass is 729 g/mol. The van der Waals surface area contributed by atoms with E-state index >= 15 is 0 Å². The Morgan fingerprint density at radius 3 is 0.500 bits per heavy atom. The van der Waals surface area contributed by atoms with Crippen LogP contribution < -0.4 is 21.9 Å². The van der Waals surface area contributed by atoms with Gasteiger partial charge < -0.3 is 0 Å². The van der Waals surface area contributed by atoms with Crippen LogP contribution in [0.4, 0.5) is 0 Å². The summed E-state index contributed by atoms with van der Waals surface area (Å²) in [6.45, 7) is 22.0. The first-order chi connectivity index (χ1) is 21.5. The van der Waals surface area contributed by atoms with Gasteiger partial charge in [0.15, 0.2) is 0 Å². The van der Waals surface area contributed by atoms with Gasteiger partial charge in [0.1, 0.15) is 6.15 Å². The van der Waals surface area contributed by atoms with E-state index in [0.29, 0.717) is 0 Å². The molecule has 0 aliphatic heterocycles. The van der Waals surface area contributed by atoms with Crippen molar-refractivity contribution in [3.8, 4) is 0 Å². The first kappa shape index (κ1) is 38.8. The van der Waals surface area contributed by atoms with Crippen molar-refractivity contribution in [2.45, 2.75) is 69.2 Å². The molecule has 2 saturated carbocycles. The van der Waals surface area contributed by atoms with Gasteiger partial charge in [-0.05, 0) is 59.2 Å². The predicted molar refractivity (Wildman–Crippen MR) is 199 cm³/mol. The van der Waals surface area contributed by atoms with Gasteiger partial charge >= 0.3 is 41.7 Å². The molecule has 231 valence electrons. The van der Waals surface area contributed by atoms with E-state index in [9.17, 15) is 0 Å². The van der Waals surface area contributed by atoms with Crippen molar-refractivity contribution in [3.63, 3.8) is 0 Å². The molecule has 0 saturated heterocycles. The van der Waals surface area contributed by atoms with E-state index in [2.05, 4.69) is 191 Å². The van der Waals surface area contributed by atoms with E-state index < -0.39 is 6.15 Å². The van der Waals surface area contributed by atoms with Crippen LogP contribution in [0, 0.1) is 101 Å². The van der Waals surface area contributed by atoms with Crippen LogP contribution in [-0.2, 0) is 0 Å². The first-order valence-corrected chi connectivity index (χ1v) is 16.3. The van der Waals surface area contributed by atoms with Crippen LogP contribution in [0.15, 0.2) is 121 Å². The van der Waals surface area contributed by atoms with E-state index in [1.807, 2.05) is 0 Å². The molecule has 0 N–H and O–H groups in total. The molecule has 0 aromatic heterocycles. The number of hydrogen-bond acceptors (Lipinski definition) is 0. The molecule has 2 aliphatic rings. The Kier molecular flexibility index (Phi) is 14.9. The summed E-state index contributed by atoms with van der Waals surface area (Å²) in [6, 6.07) is 43.5. The first-order valence-electron chi connectivity index (χ1n) is 16.3. The Bertz CT molecular complexity index is 1120. The molecule has 46 heavy (non-hydrogen) atoms. The van der Waals surface area contributed by atoms with E-state index in [-0.39, 0.29) is 41.7 Å². The average molecular weight is 730 g/mol. The molecule has 2 heteroatoms. The molecule has 4 aromatic rings. The molecule has 0 unspecified atom stereocenters. The molecule has 2 aliphatic carbocycles. The van der Waals surface area contributed by atoms with Crippen LogP contribution in [0.2, 0.25) is 0 Å². The Hall–Kier alpha value is -1.68. The molecule has 0 amide bonds. The topological polar surface area (TPSA) is 0 Å². The van der Waals surface area contributed by atoms with Crippen LogP contribution in [0.5, 0.6) is 0 Å². The van der Waals surface area contributed by atoms with E-state index in [1.165, 1.54) is 81.0 Å². The van der Waals surface area contributed by atoms with Gasteiger partial charge in [0.2, 0.25) is 0 Å². The van der Waals surface area contributed by atoms with E-state index in [4.69, 9.17) is 0 Å². The van der Waals surface area contributed by atoms with Crippen molar-refractivity contribution in [1.29, 1.82) is 0 Å². The minimum Gasteiger partial charge on any atom is -0.195 e. The molecule has 4 aromatic carbocycles. The van der Waals surface area contributed by atoms with Gasteiger partial charge in [-0.25, -0.2) is 0 Å². The predicted octanol–water partition coefficient (Wildman–Crippen LogP) is 9.01. The summed E-state index contributed by atoms with van der Waals surface area (Å²) in [7, 11) is 0. The molecular weight excluding hydrogens is 679 g/mol. The maximum absolute atomic E-state index is 2.26. The van der Waals surface area contributed by atoms with Gasteiger partial charge in [-0.1, -0.05) is 191 Å². The van der Waals surface area contributed by atoms with Crippen molar-refractivity contribution in [2.75, 3.05) is 0 Å². The Balaban J connectivity index is 0.000000227. The smallest absolute Gasteiger partial charge is 0.195 e. The fourth-order valence-electron chi connectivity index (χ4n) is 6.93. The molecule has 0 bridgehead atoms. The molecule has 2 fully saturated rings. The van der Waals surface area contributed by atoms with Gasteiger partial charge in [0.05, 0.1) is 0 Å². The maximum Gasteiger partial charge on any atom is 3.00 e. The zero-order valence-electron chi connectivity index (χ0n) is 29.6. The van der Waals surface area contributed by atoms with Gasteiger partial charge in [0, 0.05) is 0 Å². The third-order valence-electron chi connectivity index (χ3n) is 10.8. The largest absolute Gasteiger partial charge is 3.00 e. The van der Waals surface area contributed by atoms with Crippen molar-refractivity contribution >= 4 is 28.0 Å². The summed E-state index contributed by atoms with van der Waals surface area (Å²) in [5, 5.41) is 0. The summed E-state index contributed by atoms with van der Waals surface area (Å²) in [5.41, 5.74) is 5.36. The number of rotatable bonds is 4. The van der Waals surface area contributed by atoms with Crippen molar-refractivity contribution in [2.24, 2.45) is 0 Å². The summed E-state index contributed by atoms with van der Waals surface area (Å²) in [4.78, 5) is 0. The van der Waals surface area contributed by atoms with Crippen LogP contribution >= 0.6 is 0 Å². The van der Waals surface area contributed by atoms with Gasteiger partial charge in [-0.2, -0.15) is 21.9 Å². The average Bonchev–Trinajstić information content (AvgIpc) is 3.37. The summed E-state index contributed by atoms with van der Waals surface area (Å²) in [6.07, 6.45) is -1.22. The van der Waals surface area contributed by atoms with Crippen molar-refractivity contribution < 1.29 is 41.7 Å². The summed E-state index contributed by atoms with van der Waals surface area (Å²) >= 11 is 0.